The first-order valence-corrected chi connectivity index (χ1v) is 5.76. The molecule has 1 atom stereocenters. The second-order valence-corrected chi connectivity index (χ2v) is 4.22. The van der Waals surface area contributed by atoms with E-state index in [2.05, 4.69) is 18.1 Å². The fraction of sp³-hybridized carbons (Fsp3) is 0.462. The summed E-state index contributed by atoms with van der Waals surface area (Å²) in [6, 6.07) is -0.771. The van der Waals surface area contributed by atoms with E-state index < -0.39 is 12.0 Å². The molecule has 0 saturated carbocycles. The molecule has 0 aromatic carbocycles. The van der Waals surface area contributed by atoms with Crippen LogP contribution < -0.4 is 5.73 Å². The van der Waals surface area contributed by atoms with E-state index in [1.54, 1.807) is 0 Å². The first-order chi connectivity index (χ1) is 8.08. The van der Waals surface area contributed by atoms with Gasteiger partial charge in [-0.05, 0) is 24.0 Å². The Balaban J connectivity index is 2.49. The van der Waals surface area contributed by atoms with Crippen molar-refractivity contribution < 1.29 is 9.90 Å². The van der Waals surface area contributed by atoms with Crippen LogP contribution in [0.3, 0.4) is 0 Å². The molecule has 4 heteroatoms. The zero-order valence-electron chi connectivity index (χ0n) is 10.1. The van der Waals surface area contributed by atoms with Crippen molar-refractivity contribution in [3.8, 4) is 0 Å². The summed E-state index contributed by atoms with van der Waals surface area (Å²) in [5, 5.41) is 8.71. The van der Waals surface area contributed by atoms with Crippen molar-refractivity contribution in [2.24, 2.45) is 5.73 Å². The number of carboxylic acid groups (broad SMARTS) is 1. The molecule has 1 heterocycles. The van der Waals surface area contributed by atoms with Crippen molar-refractivity contribution in [2.45, 2.75) is 18.9 Å². The van der Waals surface area contributed by atoms with Crippen molar-refractivity contribution in [2.75, 3.05) is 19.6 Å². The van der Waals surface area contributed by atoms with Gasteiger partial charge >= 0.3 is 5.97 Å². The maximum atomic E-state index is 10.6. The Morgan fingerprint density at radius 1 is 1.47 bits per heavy atom. The third-order valence-corrected chi connectivity index (χ3v) is 3.07. The molecule has 0 fully saturated rings. The summed E-state index contributed by atoms with van der Waals surface area (Å²) in [4.78, 5) is 12.8. The van der Waals surface area contributed by atoms with Gasteiger partial charge in [0.2, 0.25) is 0 Å². The normalized spacial score (nSPS) is 18.9. The highest BCUT2D eigenvalue weighted by atomic mass is 16.4. The highest BCUT2D eigenvalue weighted by Crippen LogP contribution is 2.19. The van der Waals surface area contributed by atoms with Gasteiger partial charge in [-0.25, -0.2) is 0 Å². The average Bonchev–Trinajstić information content (AvgIpc) is 2.35. The number of carbonyl (C=O) groups is 1. The smallest absolute Gasteiger partial charge is 0.320 e. The second-order valence-electron chi connectivity index (χ2n) is 4.22. The van der Waals surface area contributed by atoms with Gasteiger partial charge in [-0.1, -0.05) is 25.3 Å². The second kappa shape index (κ2) is 6.37. The van der Waals surface area contributed by atoms with Gasteiger partial charge in [-0.3, -0.25) is 9.69 Å². The van der Waals surface area contributed by atoms with Gasteiger partial charge in [-0.15, -0.1) is 0 Å². The van der Waals surface area contributed by atoms with Crippen LogP contribution in [0.25, 0.3) is 0 Å². The third kappa shape index (κ3) is 3.84. The molecule has 17 heavy (non-hydrogen) atoms. The first-order valence-electron chi connectivity index (χ1n) is 5.76. The minimum Gasteiger partial charge on any atom is -0.480 e. The lowest BCUT2D eigenvalue weighted by molar-refractivity contribution is -0.138. The Morgan fingerprint density at radius 2 is 2.12 bits per heavy atom. The van der Waals surface area contributed by atoms with Crippen LogP contribution in [0.4, 0.5) is 0 Å². The van der Waals surface area contributed by atoms with Gasteiger partial charge in [0.1, 0.15) is 6.04 Å². The number of carboxylic acids is 1. The zero-order chi connectivity index (χ0) is 12.8. The molecule has 1 aliphatic rings. The maximum absolute atomic E-state index is 10.6. The average molecular weight is 236 g/mol. The van der Waals surface area contributed by atoms with Crippen LogP contribution >= 0.6 is 0 Å². The molecule has 0 radical (unpaired) electrons. The third-order valence-electron chi connectivity index (χ3n) is 3.07. The van der Waals surface area contributed by atoms with E-state index >= 15 is 0 Å². The molecule has 0 aliphatic carbocycles. The molecule has 0 amide bonds. The molecule has 3 N–H and O–H groups in total. The minimum atomic E-state index is -0.937. The van der Waals surface area contributed by atoms with Crippen molar-refractivity contribution in [3.05, 3.63) is 36.5 Å². The number of allylic oxidation sites excluding steroid dienone is 1. The van der Waals surface area contributed by atoms with Crippen molar-refractivity contribution in [3.63, 3.8) is 0 Å². The fourth-order valence-electron chi connectivity index (χ4n) is 1.93. The van der Waals surface area contributed by atoms with Crippen LogP contribution in [-0.2, 0) is 4.79 Å². The van der Waals surface area contributed by atoms with E-state index in [-0.39, 0.29) is 0 Å². The predicted molar refractivity (Wildman–Crippen MR) is 68.7 cm³/mol. The number of hydrogen-bond acceptors (Lipinski definition) is 3. The topological polar surface area (TPSA) is 66.6 Å². The Bertz CT molecular complexity index is 347. The number of hydrogen-bond donors (Lipinski definition) is 2. The summed E-state index contributed by atoms with van der Waals surface area (Å²) in [6.07, 6.45) is 5.13. The number of aliphatic carboxylic acids is 1. The molecule has 0 spiro atoms. The first kappa shape index (κ1) is 13.7. The quantitative estimate of drug-likeness (QED) is 0.726. The van der Waals surface area contributed by atoms with E-state index in [9.17, 15) is 4.79 Å². The van der Waals surface area contributed by atoms with E-state index in [1.807, 2.05) is 12.2 Å². The van der Waals surface area contributed by atoms with Crippen LogP contribution in [-0.4, -0.2) is 41.7 Å². The summed E-state index contributed by atoms with van der Waals surface area (Å²) in [5.74, 6) is -0.937. The Labute approximate surface area is 102 Å². The summed E-state index contributed by atoms with van der Waals surface area (Å²) in [6.45, 7) is 10.0. The van der Waals surface area contributed by atoms with E-state index in [0.29, 0.717) is 13.0 Å². The maximum Gasteiger partial charge on any atom is 0.320 e. The molecule has 1 aliphatic heterocycles. The van der Waals surface area contributed by atoms with E-state index in [1.165, 1.54) is 11.1 Å². The highest BCUT2D eigenvalue weighted by molar-refractivity contribution is 5.72. The number of nitrogens with zero attached hydrogens (tertiary/aromatic N) is 1. The molecule has 4 nitrogen and oxygen atoms in total. The summed E-state index contributed by atoms with van der Waals surface area (Å²) in [5.41, 5.74) is 7.89. The van der Waals surface area contributed by atoms with Crippen molar-refractivity contribution >= 4 is 5.97 Å². The Hall–Kier alpha value is -1.39. The molecular formula is C13H20N2O2. The highest BCUT2D eigenvalue weighted by Gasteiger charge is 2.18. The summed E-state index contributed by atoms with van der Waals surface area (Å²) in [7, 11) is 0. The van der Waals surface area contributed by atoms with Gasteiger partial charge in [0.25, 0.3) is 0 Å². The van der Waals surface area contributed by atoms with Gasteiger partial charge in [0, 0.05) is 19.6 Å². The number of rotatable bonds is 6. The van der Waals surface area contributed by atoms with Gasteiger partial charge < -0.3 is 10.8 Å². The lowest BCUT2D eigenvalue weighted by atomic mass is 9.99. The van der Waals surface area contributed by atoms with Crippen LogP contribution in [0.2, 0.25) is 0 Å². The lowest BCUT2D eigenvalue weighted by Gasteiger charge is -2.29. The Kier molecular flexibility index (Phi) is 5.12. The molecule has 0 saturated heterocycles. The van der Waals surface area contributed by atoms with Gasteiger partial charge in [-0.2, -0.15) is 0 Å². The van der Waals surface area contributed by atoms with Crippen molar-refractivity contribution in [1.29, 1.82) is 0 Å². The van der Waals surface area contributed by atoms with Crippen molar-refractivity contribution in [1.82, 2.24) is 4.90 Å². The van der Waals surface area contributed by atoms with E-state index in [4.69, 9.17) is 10.8 Å². The summed E-state index contributed by atoms with van der Waals surface area (Å²) < 4.78 is 0. The molecule has 1 rings (SSSR count). The standard InChI is InChI=1S/C13H20N2O2/c1-3-10-5-7-15(9-11(10)4-2)8-6-12(14)13(16)17/h3-4,12H,1-2,5-9,14H2,(H,16,17)/t12-/m1/s1. The Morgan fingerprint density at radius 3 is 2.65 bits per heavy atom. The number of nitrogens with two attached hydrogens (primary N) is 1. The van der Waals surface area contributed by atoms with E-state index in [0.717, 1.165) is 19.5 Å². The molecular weight excluding hydrogens is 216 g/mol. The van der Waals surface area contributed by atoms with Crippen LogP contribution in [0.15, 0.2) is 36.5 Å². The largest absolute Gasteiger partial charge is 0.480 e. The lowest BCUT2D eigenvalue weighted by Crippen LogP contribution is -2.38. The molecule has 0 bridgehead atoms. The van der Waals surface area contributed by atoms with Crippen LogP contribution in [0.5, 0.6) is 0 Å². The SMILES string of the molecule is C=CC1=C(C=C)CN(CC[C@@H](N)C(=O)O)CC1. The van der Waals surface area contributed by atoms with Gasteiger partial charge in [0.15, 0.2) is 0 Å². The van der Waals surface area contributed by atoms with Crippen LogP contribution in [0.1, 0.15) is 12.8 Å². The van der Waals surface area contributed by atoms with Gasteiger partial charge in [0.05, 0.1) is 0 Å². The summed E-state index contributed by atoms with van der Waals surface area (Å²) >= 11 is 0. The monoisotopic (exact) mass is 236 g/mol. The predicted octanol–water partition coefficient (Wildman–Crippen LogP) is 1.16. The molecule has 0 aromatic heterocycles. The fourth-order valence-corrected chi connectivity index (χ4v) is 1.93. The zero-order valence-corrected chi connectivity index (χ0v) is 10.1. The molecule has 94 valence electrons. The molecule has 0 aromatic rings. The van der Waals surface area contributed by atoms with Crippen LogP contribution in [0, 0.1) is 0 Å². The minimum absolute atomic E-state index is 0.475. The molecule has 0 unspecified atom stereocenters.